The average molecular weight is 501 g/mol. The zero-order valence-corrected chi connectivity index (χ0v) is 20.6. The summed E-state index contributed by atoms with van der Waals surface area (Å²) in [5.74, 6) is 2.01. The molecule has 1 aliphatic heterocycles. The second kappa shape index (κ2) is 12.9. The standard InChI is InChI=1S/C26H36N4O6/c1-34-23-9-7-18(13-24(23)35-12-4-11-27-19(15-31)16-32)14-28-26-29-21-5-2-3-6-22(21)30(26)25-10-8-20(17-33)36-25/h2-3,5-7,9,13,19-20,25,27,31-33H,4,8,10-12,14-17H2,1H3,(H,28,29)/t20-,25+/m0/s1. The number of benzene rings is 2. The van der Waals surface area contributed by atoms with Crippen molar-refractivity contribution in [2.24, 2.45) is 0 Å². The summed E-state index contributed by atoms with van der Waals surface area (Å²) >= 11 is 0. The number of imidazole rings is 1. The molecule has 1 aliphatic rings. The first-order valence-electron chi connectivity index (χ1n) is 12.4. The van der Waals surface area contributed by atoms with Crippen LogP contribution in [0.3, 0.4) is 0 Å². The minimum absolute atomic E-state index is 0.0139. The van der Waals surface area contributed by atoms with E-state index in [0.29, 0.717) is 43.6 Å². The molecule has 0 radical (unpaired) electrons. The van der Waals surface area contributed by atoms with Crippen LogP contribution in [0.25, 0.3) is 11.0 Å². The molecule has 4 rings (SSSR count). The number of nitrogens with zero attached hydrogens (tertiary/aromatic N) is 2. The molecular formula is C26H36N4O6. The molecule has 10 heteroatoms. The van der Waals surface area contributed by atoms with Gasteiger partial charge in [0.05, 0.1) is 56.7 Å². The van der Waals surface area contributed by atoms with Crippen molar-refractivity contribution >= 4 is 17.0 Å². The number of para-hydroxylation sites is 2. The molecule has 5 N–H and O–H groups in total. The maximum atomic E-state index is 9.51. The zero-order valence-electron chi connectivity index (χ0n) is 20.6. The summed E-state index contributed by atoms with van der Waals surface area (Å²) in [4.78, 5) is 4.79. The first-order chi connectivity index (χ1) is 17.7. The van der Waals surface area contributed by atoms with Gasteiger partial charge < -0.3 is 40.2 Å². The van der Waals surface area contributed by atoms with E-state index in [1.165, 1.54) is 0 Å². The smallest absolute Gasteiger partial charge is 0.206 e. The summed E-state index contributed by atoms with van der Waals surface area (Å²) in [6.07, 6.45) is 1.99. The third kappa shape index (κ3) is 6.26. The van der Waals surface area contributed by atoms with E-state index in [0.717, 1.165) is 29.4 Å². The van der Waals surface area contributed by atoms with Gasteiger partial charge in [-0.2, -0.15) is 0 Å². The van der Waals surface area contributed by atoms with Crippen molar-refractivity contribution in [3.05, 3.63) is 48.0 Å². The third-order valence-corrected chi connectivity index (χ3v) is 6.30. The molecule has 0 amide bonds. The lowest BCUT2D eigenvalue weighted by Gasteiger charge is -2.18. The number of nitrogens with one attached hydrogen (secondary N) is 2. The van der Waals surface area contributed by atoms with Crippen molar-refractivity contribution < 1.29 is 29.5 Å². The lowest BCUT2D eigenvalue weighted by atomic mass is 10.2. The molecule has 36 heavy (non-hydrogen) atoms. The van der Waals surface area contributed by atoms with Crippen LogP contribution in [0.1, 0.15) is 31.1 Å². The summed E-state index contributed by atoms with van der Waals surface area (Å²) in [6.45, 7) is 1.40. The lowest BCUT2D eigenvalue weighted by Crippen LogP contribution is -2.36. The molecule has 196 valence electrons. The van der Waals surface area contributed by atoms with Crippen LogP contribution in [0.4, 0.5) is 5.95 Å². The molecule has 1 fully saturated rings. The minimum atomic E-state index is -0.317. The van der Waals surface area contributed by atoms with Gasteiger partial charge in [-0.05, 0) is 55.6 Å². The Kier molecular flexibility index (Phi) is 9.37. The Bertz CT molecular complexity index is 1100. The first-order valence-corrected chi connectivity index (χ1v) is 12.4. The summed E-state index contributed by atoms with van der Waals surface area (Å²) in [6, 6.07) is 13.5. The number of aromatic nitrogens is 2. The predicted molar refractivity (Wildman–Crippen MR) is 136 cm³/mol. The van der Waals surface area contributed by atoms with E-state index in [9.17, 15) is 5.11 Å². The van der Waals surface area contributed by atoms with E-state index >= 15 is 0 Å². The van der Waals surface area contributed by atoms with Crippen molar-refractivity contribution in [1.82, 2.24) is 14.9 Å². The molecule has 2 aromatic carbocycles. The first kappa shape index (κ1) is 26.2. The molecule has 1 saturated heterocycles. The van der Waals surface area contributed by atoms with Crippen LogP contribution in [0, 0.1) is 0 Å². The highest BCUT2D eigenvalue weighted by Gasteiger charge is 2.29. The minimum Gasteiger partial charge on any atom is -0.493 e. The predicted octanol–water partition coefficient (Wildman–Crippen LogP) is 2.04. The molecule has 0 saturated carbocycles. The van der Waals surface area contributed by atoms with Crippen molar-refractivity contribution in [2.75, 3.05) is 45.4 Å². The Balaban J connectivity index is 1.42. The summed E-state index contributed by atoms with van der Waals surface area (Å²) in [7, 11) is 1.61. The molecule has 2 heterocycles. The van der Waals surface area contributed by atoms with Crippen LogP contribution in [-0.4, -0.2) is 77.1 Å². The van der Waals surface area contributed by atoms with Gasteiger partial charge in [0.1, 0.15) is 6.23 Å². The van der Waals surface area contributed by atoms with E-state index in [1.807, 2.05) is 42.5 Å². The Morgan fingerprint density at radius 3 is 2.69 bits per heavy atom. The SMILES string of the molecule is COc1ccc(CNc2nc3ccccc3n2[C@H]2CC[C@@H](CO)O2)cc1OCCCNC(CO)CO. The number of rotatable bonds is 14. The number of aliphatic hydroxyl groups is 3. The highest BCUT2D eigenvalue weighted by atomic mass is 16.5. The largest absolute Gasteiger partial charge is 0.493 e. The van der Waals surface area contributed by atoms with Gasteiger partial charge >= 0.3 is 0 Å². The molecular weight excluding hydrogens is 464 g/mol. The van der Waals surface area contributed by atoms with Crippen molar-refractivity contribution in [1.29, 1.82) is 0 Å². The van der Waals surface area contributed by atoms with Gasteiger partial charge in [-0.25, -0.2) is 4.98 Å². The quantitative estimate of drug-likeness (QED) is 0.211. The summed E-state index contributed by atoms with van der Waals surface area (Å²) in [5.41, 5.74) is 2.87. The molecule has 3 aromatic rings. The second-order valence-electron chi connectivity index (χ2n) is 8.82. The van der Waals surface area contributed by atoms with Gasteiger partial charge in [-0.15, -0.1) is 0 Å². The maximum Gasteiger partial charge on any atom is 0.206 e. The number of methoxy groups -OCH3 is 1. The monoisotopic (exact) mass is 500 g/mol. The van der Waals surface area contributed by atoms with Gasteiger partial charge in [0, 0.05) is 6.54 Å². The van der Waals surface area contributed by atoms with Gasteiger partial charge in [-0.1, -0.05) is 18.2 Å². The number of anilines is 1. The average Bonchev–Trinajstić information content (AvgIpc) is 3.53. The van der Waals surface area contributed by atoms with Crippen LogP contribution in [0.2, 0.25) is 0 Å². The van der Waals surface area contributed by atoms with E-state index in [2.05, 4.69) is 15.2 Å². The number of hydrogen-bond acceptors (Lipinski definition) is 9. The van der Waals surface area contributed by atoms with E-state index < -0.39 is 0 Å². The molecule has 2 atom stereocenters. The van der Waals surface area contributed by atoms with E-state index in [1.54, 1.807) is 7.11 Å². The Morgan fingerprint density at radius 2 is 1.94 bits per heavy atom. The van der Waals surface area contributed by atoms with Crippen LogP contribution < -0.4 is 20.1 Å². The normalized spacial score (nSPS) is 17.7. The molecule has 0 bridgehead atoms. The fraction of sp³-hybridized carbons (Fsp3) is 0.500. The zero-order chi connectivity index (χ0) is 25.3. The van der Waals surface area contributed by atoms with E-state index in [4.69, 9.17) is 29.4 Å². The number of hydrogen-bond donors (Lipinski definition) is 5. The topological polar surface area (TPSA) is 130 Å². The van der Waals surface area contributed by atoms with Crippen molar-refractivity contribution in [3.63, 3.8) is 0 Å². The van der Waals surface area contributed by atoms with Crippen LogP contribution >= 0.6 is 0 Å². The van der Waals surface area contributed by atoms with Crippen LogP contribution in [0.15, 0.2) is 42.5 Å². The van der Waals surface area contributed by atoms with Gasteiger partial charge in [0.2, 0.25) is 5.95 Å². The van der Waals surface area contributed by atoms with Gasteiger partial charge in [0.25, 0.3) is 0 Å². The Labute approximate surface area is 210 Å². The van der Waals surface area contributed by atoms with Crippen molar-refractivity contribution in [2.45, 2.75) is 44.2 Å². The fourth-order valence-electron chi connectivity index (χ4n) is 4.34. The molecule has 0 spiro atoms. The second-order valence-corrected chi connectivity index (χ2v) is 8.82. The van der Waals surface area contributed by atoms with Gasteiger partial charge in [-0.3, -0.25) is 4.57 Å². The maximum absolute atomic E-state index is 9.51. The third-order valence-electron chi connectivity index (χ3n) is 6.30. The number of fused-ring (bicyclic) bond motifs is 1. The fourth-order valence-corrected chi connectivity index (χ4v) is 4.34. The summed E-state index contributed by atoms with van der Waals surface area (Å²) < 4.78 is 19.6. The Hall–Kier alpha value is -2.89. The van der Waals surface area contributed by atoms with E-state index in [-0.39, 0.29) is 38.2 Å². The van der Waals surface area contributed by atoms with Crippen LogP contribution in [-0.2, 0) is 11.3 Å². The number of aliphatic hydroxyl groups excluding tert-OH is 3. The molecule has 0 unspecified atom stereocenters. The number of ether oxygens (including phenoxy) is 3. The summed E-state index contributed by atoms with van der Waals surface area (Å²) in [5, 5.41) is 34.3. The highest BCUT2D eigenvalue weighted by molar-refractivity contribution is 5.78. The Morgan fingerprint density at radius 1 is 1.11 bits per heavy atom. The molecule has 10 nitrogen and oxygen atoms in total. The highest BCUT2D eigenvalue weighted by Crippen LogP contribution is 2.34. The molecule has 1 aromatic heterocycles. The van der Waals surface area contributed by atoms with Crippen molar-refractivity contribution in [3.8, 4) is 11.5 Å². The van der Waals surface area contributed by atoms with Crippen LogP contribution in [0.5, 0.6) is 11.5 Å². The van der Waals surface area contributed by atoms with Gasteiger partial charge in [0.15, 0.2) is 11.5 Å². The lowest BCUT2D eigenvalue weighted by molar-refractivity contribution is -0.0195. The molecule has 0 aliphatic carbocycles.